The second-order valence-electron chi connectivity index (χ2n) is 4.73. The predicted molar refractivity (Wildman–Crippen MR) is 68.3 cm³/mol. The molecule has 1 aliphatic rings. The maximum atomic E-state index is 12.1. The van der Waals surface area contributed by atoms with Gasteiger partial charge in [0, 0.05) is 17.7 Å². The zero-order valence-electron chi connectivity index (χ0n) is 10.6. The van der Waals surface area contributed by atoms with Crippen LogP contribution in [0.15, 0.2) is 24.3 Å². The van der Waals surface area contributed by atoms with Crippen LogP contribution in [0.3, 0.4) is 0 Å². The number of amides is 1. The van der Waals surface area contributed by atoms with Gasteiger partial charge in [-0.2, -0.15) is 8.78 Å². The van der Waals surface area contributed by atoms with Gasteiger partial charge >= 0.3 is 6.61 Å². The lowest BCUT2D eigenvalue weighted by atomic mass is 9.88. The monoisotopic (exact) mass is 269 g/mol. The highest BCUT2D eigenvalue weighted by atomic mass is 19.3. The van der Waals surface area contributed by atoms with Crippen molar-refractivity contribution < 1.29 is 18.3 Å². The van der Waals surface area contributed by atoms with Gasteiger partial charge in [0.1, 0.15) is 5.75 Å². The summed E-state index contributed by atoms with van der Waals surface area (Å²) >= 11 is 0. The van der Waals surface area contributed by atoms with E-state index in [0.717, 1.165) is 25.7 Å². The molecule has 0 bridgehead atoms. The van der Waals surface area contributed by atoms with E-state index in [1.807, 2.05) is 0 Å². The number of alkyl halides is 2. The van der Waals surface area contributed by atoms with Crippen LogP contribution < -0.4 is 10.1 Å². The normalized spacial score (nSPS) is 16.4. The molecule has 0 atom stereocenters. The fourth-order valence-electron chi connectivity index (χ4n) is 2.36. The molecule has 2 rings (SSSR count). The predicted octanol–water partition coefficient (Wildman–Crippen LogP) is 3.81. The number of rotatable bonds is 4. The zero-order valence-corrected chi connectivity index (χ0v) is 10.6. The van der Waals surface area contributed by atoms with E-state index in [9.17, 15) is 13.6 Å². The number of hydrogen-bond donors (Lipinski definition) is 1. The molecule has 0 aromatic heterocycles. The van der Waals surface area contributed by atoms with Gasteiger partial charge in [0.15, 0.2) is 0 Å². The number of hydrogen-bond acceptors (Lipinski definition) is 2. The van der Waals surface area contributed by atoms with Crippen LogP contribution in [-0.4, -0.2) is 12.5 Å². The van der Waals surface area contributed by atoms with Crippen LogP contribution in [0.2, 0.25) is 0 Å². The van der Waals surface area contributed by atoms with Crippen LogP contribution in [0.4, 0.5) is 14.5 Å². The van der Waals surface area contributed by atoms with Gasteiger partial charge in [-0.3, -0.25) is 4.79 Å². The molecular weight excluding hydrogens is 252 g/mol. The number of ether oxygens (including phenoxy) is 1. The molecule has 0 radical (unpaired) electrons. The Kier molecular flexibility index (Phi) is 4.71. The summed E-state index contributed by atoms with van der Waals surface area (Å²) in [5, 5.41) is 2.76. The molecule has 0 unspecified atom stereocenters. The molecule has 0 heterocycles. The standard InChI is InChI=1S/C14H17F2NO2/c15-14(16)19-12-8-4-7-11(9-12)17-13(18)10-5-2-1-3-6-10/h4,7-10,14H,1-3,5-6H2,(H,17,18). The Morgan fingerprint density at radius 1 is 1.26 bits per heavy atom. The summed E-state index contributed by atoms with van der Waals surface area (Å²) in [5.74, 6) is 0.0544. The van der Waals surface area contributed by atoms with Crippen molar-refractivity contribution in [2.75, 3.05) is 5.32 Å². The molecule has 3 nitrogen and oxygen atoms in total. The summed E-state index contributed by atoms with van der Waals surface area (Å²) in [6, 6.07) is 6.09. The Morgan fingerprint density at radius 3 is 2.68 bits per heavy atom. The average Bonchev–Trinajstić information content (AvgIpc) is 2.39. The van der Waals surface area contributed by atoms with Crippen LogP contribution in [0.1, 0.15) is 32.1 Å². The van der Waals surface area contributed by atoms with Gasteiger partial charge < -0.3 is 10.1 Å². The van der Waals surface area contributed by atoms with Crippen LogP contribution in [0.25, 0.3) is 0 Å². The first-order valence-electron chi connectivity index (χ1n) is 6.51. The Labute approximate surface area is 111 Å². The second kappa shape index (κ2) is 6.50. The molecule has 1 fully saturated rings. The Morgan fingerprint density at radius 2 is 2.00 bits per heavy atom. The minimum atomic E-state index is -2.86. The molecule has 104 valence electrons. The van der Waals surface area contributed by atoms with Crippen molar-refractivity contribution in [3.63, 3.8) is 0 Å². The third-order valence-corrected chi connectivity index (χ3v) is 3.30. The molecule has 19 heavy (non-hydrogen) atoms. The highest BCUT2D eigenvalue weighted by Crippen LogP contribution is 2.26. The number of nitrogens with one attached hydrogen (secondary N) is 1. The van der Waals surface area contributed by atoms with Crippen molar-refractivity contribution in [2.24, 2.45) is 5.92 Å². The quantitative estimate of drug-likeness (QED) is 0.902. The van der Waals surface area contributed by atoms with Crippen LogP contribution >= 0.6 is 0 Å². The Balaban J connectivity index is 1.96. The van der Waals surface area contributed by atoms with Gasteiger partial charge in [-0.1, -0.05) is 25.3 Å². The van der Waals surface area contributed by atoms with Gasteiger partial charge in [-0.05, 0) is 25.0 Å². The van der Waals surface area contributed by atoms with Gasteiger partial charge in [-0.15, -0.1) is 0 Å². The molecule has 0 aliphatic heterocycles. The molecule has 1 aromatic rings. The fraction of sp³-hybridized carbons (Fsp3) is 0.500. The largest absolute Gasteiger partial charge is 0.435 e. The minimum absolute atomic E-state index is 0.0334. The summed E-state index contributed by atoms with van der Waals surface area (Å²) < 4.78 is 28.5. The second-order valence-corrected chi connectivity index (χ2v) is 4.73. The molecule has 5 heteroatoms. The maximum Gasteiger partial charge on any atom is 0.387 e. The zero-order chi connectivity index (χ0) is 13.7. The van der Waals surface area contributed by atoms with Gasteiger partial charge in [0.05, 0.1) is 0 Å². The van der Waals surface area contributed by atoms with E-state index in [1.54, 1.807) is 12.1 Å². The van der Waals surface area contributed by atoms with E-state index in [0.29, 0.717) is 5.69 Å². The highest BCUT2D eigenvalue weighted by Gasteiger charge is 2.21. The maximum absolute atomic E-state index is 12.1. The summed E-state index contributed by atoms with van der Waals surface area (Å²) in [6.45, 7) is -2.86. The highest BCUT2D eigenvalue weighted by molar-refractivity contribution is 5.92. The SMILES string of the molecule is O=C(Nc1cccc(OC(F)F)c1)C1CCCCC1. The van der Waals surface area contributed by atoms with Crippen LogP contribution in [-0.2, 0) is 4.79 Å². The lowest BCUT2D eigenvalue weighted by Gasteiger charge is -2.20. The Bertz CT molecular complexity index is 431. The summed E-state index contributed by atoms with van der Waals surface area (Å²) in [5.41, 5.74) is 0.494. The average molecular weight is 269 g/mol. The Hall–Kier alpha value is -1.65. The van der Waals surface area contributed by atoms with E-state index < -0.39 is 6.61 Å². The van der Waals surface area contributed by atoms with E-state index >= 15 is 0 Å². The molecule has 1 saturated carbocycles. The minimum Gasteiger partial charge on any atom is -0.435 e. The smallest absolute Gasteiger partial charge is 0.387 e. The number of anilines is 1. The topological polar surface area (TPSA) is 38.3 Å². The summed E-state index contributed by atoms with van der Waals surface area (Å²) in [4.78, 5) is 12.0. The summed E-state index contributed by atoms with van der Waals surface area (Å²) in [6.07, 6.45) is 5.14. The van der Waals surface area contributed by atoms with Crippen molar-refractivity contribution in [3.05, 3.63) is 24.3 Å². The van der Waals surface area contributed by atoms with Crippen LogP contribution in [0, 0.1) is 5.92 Å². The fourth-order valence-corrected chi connectivity index (χ4v) is 2.36. The van der Waals surface area contributed by atoms with E-state index in [-0.39, 0.29) is 17.6 Å². The first-order valence-corrected chi connectivity index (χ1v) is 6.51. The van der Waals surface area contributed by atoms with E-state index in [4.69, 9.17) is 0 Å². The lowest BCUT2D eigenvalue weighted by molar-refractivity contribution is -0.120. The van der Waals surface area contributed by atoms with Gasteiger partial charge in [0.2, 0.25) is 5.91 Å². The van der Waals surface area contributed by atoms with E-state index in [2.05, 4.69) is 10.1 Å². The van der Waals surface area contributed by atoms with Crippen molar-refractivity contribution in [1.29, 1.82) is 0 Å². The molecule has 1 aromatic carbocycles. The molecule has 0 spiro atoms. The van der Waals surface area contributed by atoms with Crippen LogP contribution in [0.5, 0.6) is 5.75 Å². The van der Waals surface area contributed by atoms with Gasteiger partial charge in [0.25, 0.3) is 0 Å². The number of carbonyl (C=O) groups is 1. The molecule has 0 saturated heterocycles. The lowest BCUT2D eigenvalue weighted by Crippen LogP contribution is -2.24. The van der Waals surface area contributed by atoms with Crippen molar-refractivity contribution in [3.8, 4) is 5.75 Å². The molecule has 1 amide bonds. The van der Waals surface area contributed by atoms with Gasteiger partial charge in [-0.25, -0.2) is 0 Å². The molecule has 1 aliphatic carbocycles. The molecule has 1 N–H and O–H groups in total. The third-order valence-electron chi connectivity index (χ3n) is 3.30. The van der Waals surface area contributed by atoms with Crippen molar-refractivity contribution >= 4 is 11.6 Å². The number of halogens is 2. The van der Waals surface area contributed by atoms with Crippen molar-refractivity contribution in [1.82, 2.24) is 0 Å². The van der Waals surface area contributed by atoms with Crippen molar-refractivity contribution in [2.45, 2.75) is 38.7 Å². The first kappa shape index (κ1) is 13.8. The first-order chi connectivity index (χ1) is 9.15. The number of carbonyl (C=O) groups excluding carboxylic acids is 1. The number of benzene rings is 1. The summed E-state index contributed by atoms with van der Waals surface area (Å²) in [7, 11) is 0. The molecular formula is C14H17F2NO2. The third kappa shape index (κ3) is 4.19. The van der Waals surface area contributed by atoms with E-state index in [1.165, 1.54) is 18.6 Å².